The largest absolute Gasteiger partial charge is 0.264 e. The van der Waals surface area contributed by atoms with Crippen molar-refractivity contribution in [2.75, 3.05) is 0 Å². The molecule has 0 bridgehead atoms. The van der Waals surface area contributed by atoms with E-state index in [4.69, 9.17) is 0 Å². The van der Waals surface area contributed by atoms with Gasteiger partial charge in [-0.05, 0) is 29.8 Å². The van der Waals surface area contributed by atoms with E-state index in [0.717, 1.165) is 5.39 Å². The summed E-state index contributed by atoms with van der Waals surface area (Å²) in [6.07, 6.45) is 3.16. The Hall–Kier alpha value is -2.31. The van der Waals surface area contributed by atoms with Crippen molar-refractivity contribution in [1.82, 2.24) is 9.71 Å². The molecule has 2 aromatic carbocycles. The molecule has 0 aliphatic heterocycles. The lowest BCUT2D eigenvalue weighted by Gasteiger charge is -2.09. The van der Waals surface area contributed by atoms with Crippen molar-refractivity contribution < 1.29 is 12.8 Å². The molecule has 0 spiro atoms. The minimum Gasteiger partial charge on any atom is -0.264 e. The second kappa shape index (κ2) is 5.82. The maximum atomic E-state index is 13.1. The van der Waals surface area contributed by atoms with Crippen LogP contribution in [-0.2, 0) is 16.6 Å². The number of hydrogen-bond donors (Lipinski definition) is 1. The fourth-order valence-corrected chi connectivity index (χ4v) is 3.48. The van der Waals surface area contributed by atoms with Crippen LogP contribution in [0.2, 0.25) is 0 Å². The van der Waals surface area contributed by atoms with Gasteiger partial charge in [-0.1, -0.05) is 24.3 Å². The molecule has 0 unspecified atom stereocenters. The summed E-state index contributed by atoms with van der Waals surface area (Å²) in [5, 5.41) is 1.35. The lowest BCUT2D eigenvalue weighted by molar-refractivity contribution is 0.581. The van der Waals surface area contributed by atoms with Gasteiger partial charge in [0.05, 0.1) is 4.90 Å². The Bertz CT molecular complexity index is 921. The van der Waals surface area contributed by atoms with Crippen LogP contribution in [0.5, 0.6) is 0 Å². The summed E-state index contributed by atoms with van der Waals surface area (Å²) in [7, 11) is -3.70. The zero-order valence-corrected chi connectivity index (χ0v) is 12.3. The van der Waals surface area contributed by atoms with Gasteiger partial charge in [0.1, 0.15) is 5.82 Å². The Labute approximate surface area is 127 Å². The summed E-state index contributed by atoms with van der Waals surface area (Å²) >= 11 is 0. The summed E-state index contributed by atoms with van der Waals surface area (Å²) in [5.41, 5.74) is 0.561. The quantitative estimate of drug-likeness (QED) is 0.805. The molecule has 3 rings (SSSR count). The third-order valence-corrected chi connectivity index (χ3v) is 4.74. The first kappa shape index (κ1) is 14.6. The van der Waals surface area contributed by atoms with Crippen LogP contribution in [0, 0.1) is 5.82 Å². The molecule has 0 radical (unpaired) electrons. The number of pyridine rings is 1. The fourth-order valence-electron chi connectivity index (χ4n) is 2.23. The van der Waals surface area contributed by atoms with E-state index in [1.807, 2.05) is 0 Å². The molecular formula is C16H13FN2O2S. The Kier molecular flexibility index (Phi) is 3.87. The van der Waals surface area contributed by atoms with Gasteiger partial charge in [0.25, 0.3) is 0 Å². The minimum absolute atomic E-state index is 0.0293. The molecular weight excluding hydrogens is 303 g/mol. The van der Waals surface area contributed by atoms with Gasteiger partial charge >= 0.3 is 0 Å². The molecule has 112 valence electrons. The van der Waals surface area contributed by atoms with E-state index in [2.05, 4.69) is 9.71 Å². The van der Waals surface area contributed by atoms with E-state index in [-0.39, 0.29) is 11.4 Å². The first-order chi connectivity index (χ1) is 10.6. The molecule has 1 N–H and O–H groups in total. The molecule has 1 aromatic heterocycles. The summed E-state index contributed by atoms with van der Waals surface area (Å²) in [6.45, 7) is 0.0293. The molecule has 0 saturated heterocycles. The standard InChI is InChI=1S/C16H13FN2O2S/c17-14-5-1-3-12(9-14)10-19-22(20,21)16-6-2-4-13-11-18-8-7-15(13)16/h1-9,11,19H,10H2. The number of sulfonamides is 1. The highest BCUT2D eigenvalue weighted by atomic mass is 32.2. The molecule has 0 fully saturated rings. The number of fused-ring (bicyclic) bond motifs is 1. The van der Waals surface area contributed by atoms with Gasteiger partial charge in [-0.3, -0.25) is 4.98 Å². The molecule has 0 saturated carbocycles. The predicted molar refractivity (Wildman–Crippen MR) is 82.2 cm³/mol. The molecule has 0 amide bonds. The van der Waals surface area contributed by atoms with Crippen molar-refractivity contribution in [3.05, 3.63) is 72.3 Å². The molecule has 6 heteroatoms. The van der Waals surface area contributed by atoms with Gasteiger partial charge in [0, 0.05) is 29.7 Å². The first-order valence-corrected chi connectivity index (χ1v) is 8.11. The van der Waals surface area contributed by atoms with Crippen LogP contribution in [0.3, 0.4) is 0 Å². The van der Waals surface area contributed by atoms with E-state index < -0.39 is 15.8 Å². The number of nitrogens with zero attached hydrogens (tertiary/aromatic N) is 1. The number of benzene rings is 2. The van der Waals surface area contributed by atoms with Gasteiger partial charge in [-0.2, -0.15) is 0 Å². The minimum atomic E-state index is -3.70. The summed E-state index contributed by atoms with van der Waals surface area (Å²) in [4.78, 5) is 4.17. The number of aromatic nitrogens is 1. The van der Waals surface area contributed by atoms with Crippen LogP contribution in [0.4, 0.5) is 4.39 Å². The van der Waals surface area contributed by atoms with E-state index in [1.54, 1.807) is 42.7 Å². The van der Waals surface area contributed by atoms with E-state index in [9.17, 15) is 12.8 Å². The average Bonchev–Trinajstić information content (AvgIpc) is 2.52. The fraction of sp³-hybridized carbons (Fsp3) is 0.0625. The summed E-state index contributed by atoms with van der Waals surface area (Å²) in [5.74, 6) is -0.395. The van der Waals surface area contributed by atoms with Crippen molar-refractivity contribution in [3.8, 4) is 0 Å². The number of halogens is 1. The molecule has 4 nitrogen and oxygen atoms in total. The highest BCUT2D eigenvalue weighted by molar-refractivity contribution is 7.89. The van der Waals surface area contributed by atoms with Gasteiger partial charge in [-0.15, -0.1) is 0 Å². The molecule has 22 heavy (non-hydrogen) atoms. The normalized spacial score (nSPS) is 11.7. The molecule has 0 aliphatic carbocycles. The molecule has 0 atom stereocenters. The lowest BCUT2D eigenvalue weighted by atomic mass is 10.2. The number of hydrogen-bond acceptors (Lipinski definition) is 3. The van der Waals surface area contributed by atoms with Crippen molar-refractivity contribution >= 4 is 20.8 Å². The van der Waals surface area contributed by atoms with Crippen LogP contribution in [0.15, 0.2) is 65.8 Å². The maximum absolute atomic E-state index is 13.1. The average molecular weight is 316 g/mol. The highest BCUT2D eigenvalue weighted by Crippen LogP contribution is 2.22. The summed E-state index contributed by atoms with van der Waals surface area (Å²) < 4.78 is 40.6. The lowest BCUT2D eigenvalue weighted by Crippen LogP contribution is -2.23. The van der Waals surface area contributed by atoms with Crippen LogP contribution < -0.4 is 4.72 Å². The second-order valence-electron chi connectivity index (χ2n) is 4.81. The van der Waals surface area contributed by atoms with Gasteiger partial charge < -0.3 is 0 Å². The zero-order chi connectivity index (χ0) is 15.6. The van der Waals surface area contributed by atoms with Crippen molar-refractivity contribution in [1.29, 1.82) is 0 Å². The smallest absolute Gasteiger partial charge is 0.241 e. The molecule has 3 aromatic rings. The zero-order valence-electron chi connectivity index (χ0n) is 11.5. The van der Waals surface area contributed by atoms with Crippen molar-refractivity contribution in [2.24, 2.45) is 0 Å². The Balaban J connectivity index is 1.92. The third kappa shape index (κ3) is 2.98. The Morgan fingerprint density at radius 1 is 1.09 bits per heavy atom. The van der Waals surface area contributed by atoms with Crippen LogP contribution in [-0.4, -0.2) is 13.4 Å². The van der Waals surface area contributed by atoms with E-state index in [1.165, 1.54) is 18.2 Å². The second-order valence-corrected chi connectivity index (χ2v) is 6.54. The third-order valence-electron chi connectivity index (χ3n) is 3.29. The van der Waals surface area contributed by atoms with Gasteiger partial charge in [0.2, 0.25) is 10.0 Å². The predicted octanol–water partition coefficient (Wildman–Crippen LogP) is 2.85. The van der Waals surface area contributed by atoms with Crippen LogP contribution in [0.1, 0.15) is 5.56 Å². The van der Waals surface area contributed by atoms with Gasteiger partial charge in [0.15, 0.2) is 0 Å². The summed E-state index contributed by atoms with van der Waals surface area (Å²) in [6, 6.07) is 12.5. The van der Waals surface area contributed by atoms with E-state index in [0.29, 0.717) is 10.9 Å². The number of rotatable bonds is 4. The highest BCUT2D eigenvalue weighted by Gasteiger charge is 2.16. The van der Waals surface area contributed by atoms with Crippen LogP contribution in [0.25, 0.3) is 10.8 Å². The van der Waals surface area contributed by atoms with Crippen molar-refractivity contribution in [2.45, 2.75) is 11.4 Å². The molecule has 0 aliphatic rings. The maximum Gasteiger partial charge on any atom is 0.241 e. The van der Waals surface area contributed by atoms with E-state index >= 15 is 0 Å². The Morgan fingerprint density at radius 2 is 1.91 bits per heavy atom. The van der Waals surface area contributed by atoms with Crippen molar-refractivity contribution in [3.63, 3.8) is 0 Å². The monoisotopic (exact) mass is 316 g/mol. The topological polar surface area (TPSA) is 59.1 Å². The van der Waals surface area contributed by atoms with Gasteiger partial charge in [-0.25, -0.2) is 17.5 Å². The van der Waals surface area contributed by atoms with Crippen LogP contribution >= 0.6 is 0 Å². The Morgan fingerprint density at radius 3 is 2.73 bits per heavy atom. The molecule has 1 heterocycles. The SMILES string of the molecule is O=S(=O)(NCc1cccc(F)c1)c1cccc2cnccc12. The first-order valence-electron chi connectivity index (χ1n) is 6.63. The number of nitrogens with one attached hydrogen (secondary N) is 1.